The summed E-state index contributed by atoms with van der Waals surface area (Å²) in [6.45, 7) is 0.195. The average Bonchev–Trinajstić information content (AvgIpc) is 3.04. The molecule has 0 aliphatic heterocycles. The fraction of sp³-hybridized carbons (Fsp3) is 0.125. The summed E-state index contributed by atoms with van der Waals surface area (Å²) in [5, 5.41) is 2.62. The zero-order valence-electron chi connectivity index (χ0n) is 12.2. The standard InChI is InChI=1S/C16H15N3O2S2/c20-23(21,12-13-5-2-1-3-6-13)18-10-16-19-15(11-22-16)14-7-4-8-17-9-14/h1-9,11,18H,10,12H2. The number of nitrogens with zero attached hydrogens (tertiary/aromatic N) is 2. The van der Waals surface area contributed by atoms with Crippen LogP contribution in [0.1, 0.15) is 10.6 Å². The van der Waals surface area contributed by atoms with E-state index in [4.69, 9.17) is 0 Å². The Labute approximate surface area is 139 Å². The van der Waals surface area contributed by atoms with Crippen molar-refractivity contribution in [3.63, 3.8) is 0 Å². The van der Waals surface area contributed by atoms with Crippen molar-refractivity contribution >= 4 is 21.4 Å². The van der Waals surface area contributed by atoms with Gasteiger partial charge in [-0.3, -0.25) is 4.98 Å². The van der Waals surface area contributed by atoms with Crippen molar-refractivity contribution in [2.45, 2.75) is 12.3 Å². The Morgan fingerprint density at radius 1 is 1.09 bits per heavy atom. The SMILES string of the molecule is O=S(=O)(Cc1ccccc1)NCc1nc(-c2cccnc2)cs1. The predicted molar refractivity (Wildman–Crippen MR) is 91.3 cm³/mol. The number of hydrogen-bond donors (Lipinski definition) is 1. The van der Waals surface area contributed by atoms with Crippen molar-refractivity contribution in [3.05, 3.63) is 70.8 Å². The Balaban J connectivity index is 1.63. The summed E-state index contributed by atoms with van der Waals surface area (Å²) in [5.74, 6) is -0.0331. The van der Waals surface area contributed by atoms with Crippen molar-refractivity contribution in [2.24, 2.45) is 0 Å². The Morgan fingerprint density at radius 2 is 1.91 bits per heavy atom. The van der Waals surface area contributed by atoms with E-state index < -0.39 is 10.0 Å². The third-order valence-electron chi connectivity index (χ3n) is 3.15. The summed E-state index contributed by atoms with van der Waals surface area (Å²) >= 11 is 1.43. The van der Waals surface area contributed by atoms with Gasteiger partial charge in [-0.2, -0.15) is 0 Å². The molecule has 2 heterocycles. The highest BCUT2D eigenvalue weighted by molar-refractivity contribution is 7.88. The molecule has 0 radical (unpaired) electrons. The first-order chi connectivity index (χ1) is 11.1. The largest absolute Gasteiger partial charge is 0.264 e. The summed E-state index contributed by atoms with van der Waals surface area (Å²) in [4.78, 5) is 8.50. The predicted octanol–water partition coefficient (Wildman–Crippen LogP) is 2.82. The van der Waals surface area contributed by atoms with Gasteiger partial charge in [0.25, 0.3) is 0 Å². The molecule has 0 atom stereocenters. The number of benzene rings is 1. The van der Waals surface area contributed by atoms with Gasteiger partial charge in [-0.25, -0.2) is 18.1 Å². The minimum Gasteiger partial charge on any atom is -0.264 e. The van der Waals surface area contributed by atoms with Crippen molar-refractivity contribution in [3.8, 4) is 11.3 Å². The van der Waals surface area contributed by atoms with Crippen molar-refractivity contribution in [1.29, 1.82) is 0 Å². The molecular weight excluding hydrogens is 330 g/mol. The van der Waals surface area contributed by atoms with E-state index in [0.29, 0.717) is 0 Å². The number of rotatable bonds is 6. The van der Waals surface area contributed by atoms with Crippen LogP contribution in [0.2, 0.25) is 0 Å². The van der Waals surface area contributed by atoms with E-state index in [1.165, 1.54) is 11.3 Å². The van der Waals surface area contributed by atoms with Gasteiger partial charge in [-0.15, -0.1) is 11.3 Å². The van der Waals surface area contributed by atoms with Gasteiger partial charge in [0.2, 0.25) is 10.0 Å². The van der Waals surface area contributed by atoms with Crippen LogP contribution in [0, 0.1) is 0 Å². The monoisotopic (exact) mass is 345 g/mol. The first-order valence-corrected chi connectivity index (χ1v) is 9.52. The van der Waals surface area contributed by atoms with Crippen LogP contribution in [0.15, 0.2) is 60.2 Å². The first kappa shape index (κ1) is 15.8. The van der Waals surface area contributed by atoms with Crippen LogP contribution in [0.5, 0.6) is 0 Å². The van der Waals surface area contributed by atoms with Crippen LogP contribution in [-0.2, 0) is 22.3 Å². The number of nitrogens with one attached hydrogen (secondary N) is 1. The molecule has 23 heavy (non-hydrogen) atoms. The third-order valence-corrected chi connectivity index (χ3v) is 5.30. The van der Waals surface area contributed by atoms with Crippen molar-refractivity contribution in [1.82, 2.24) is 14.7 Å². The maximum atomic E-state index is 12.1. The molecule has 0 saturated heterocycles. The van der Waals surface area contributed by atoms with E-state index in [-0.39, 0.29) is 12.3 Å². The summed E-state index contributed by atoms with van der Waals surface area (Å²) in [6, 6.07) is 12.9. The quantitative estimate of drug-likeness (QED) is 0.746. The zero-order chi connectivity index (χ0) is 16.1. The summed E-state index contributed by atoms with van der Waals surface area (Å²) in [6.07, 6.45) is 3.44. The second-order valence-electron chi connectivity index (χ2n) is 4.93. The third kappa shape index (κ3) is 4.44. The summed E-state index contributed by atoms with van der Waals surface area (Å²) in [7, 11) is -3.38. The minimum atomic E-state index is -3.38. The topological polar surface area (TPSA) is 72.0 Å². The van der Waals surface area contributed by atoms with E-state index in [1.807, 2.05) is 35.7 Å². The lowest BCUT2D eigenvalue weighted by atomic mass is 10.2. The first-order valence-electron chi connectivity index (χ1n) is 6.98. The molecule has 3 rings (SSSR count). The maximum absolute atomic E-state index is 12.1. The number of hydrogen-bond acceptors (Lipinski definition) is 5. The van der Waals surface area contributed by atoms with Crippen LogP contribution >= 0.6 is 11.3 Å². The molecule has 5 nitrogen and oxygen atoms in total. The molecule has 0 fully saturated rings. The van der Waals surface area contributed by atoms with Crippen molar-refractivity contribution < 1.29 is 8.42 Å². The van der Waals surface area contributed by atoms with Gasteiger partial charge in [-0.05, 0) is 17.7 Å². The van der Waals surface area contributed by atoms with Gasteiger partial charge in [0.15, 0.2) is 0 Å². The van der Waals surface area contributed by atoms with E-state index in [9.17, 15) is 8.42 Å². The van der Waals surface area contributed by atoms with Gasteiger partial charge in [0, 0.05) is 23.3 Å². The fourth-order valence-corrected chi connectivity index (χ4v) is 3.98. The smallest absolute Gasteiger partial charge is 0.216 e. The Kier molecular flexibility index (Phi) is 4.80. The lowest BCUT2D eigenvalue weighted by Crippen LogP contribution is -2.24. The normalized spacial score (nSPS) is 11.5. The maximum Gasteiger partial charge on any atom is 0.216 e. The highest BCUT2D eigenvalue weighted by Crippen LogP contribution is 2.20. The Hall–Kier alpha value is -2.09. The van der Waals surface area contributed by atoms with Crippen LogP contribution in [0.3, 0.4) is 0 Å². The van der Waals surface area contributed by atoms with E-state index in [1.54, 1.807) is 24.5 Å². The number of pyridine rings is 1. The molecule has 1 aromatic carbocycles. The van der Waals surface area contributed by atoms with Crippen LogP contribution in [0.4, 0.5) is 0 Å². The lowest BCUT2D eigenvalue weighted by Gasteiger charge is -2.05. The summed E-state index contributed by atoms with van der Waals surface area (Å²) < 4.78 is 26.8. The average molecular weight is 345 g/mol. The van der Waals surface area contributed by atoms with Gasteiger partial charge in [0.05, 0.1) is 18.0 Å². The molecule has 3 aromatic rings. The van der Waals surface area contributed by atoms with Gasteiger partial charge >= 0.3 is 0 Å². The number of aromatic nitrogens is 2. The van der Waals surface area contributed by atoms with Crippen LogP contribution < -0.4 is 4.72 Å². The highest BCUT2D eigenvalue weighted by atomic mass is 32.2. The molecule has 0 aliphatic carbocycles. The molecule has 0 aliphatic rings. The molecule has 0 spiro atoms. The Bertz CT molecular complexity index is 863. The van der Waals surface area contributed by atoms with Crippen LogP contribution in [-0.4, -0.2) is 18.4 Å². The van der Waals surface area contributed by atoms with Crippen molar-refractivity contribution in [2.75, 3.05) is 0 Å². The molecule has 7 heteroatoms. The highest BCUT2D eigenvalue weighted by Gasteiger charge is 2.12. The Morgan fingerprint density at radius 3 is 2.65 bits per heavy atom. The zero-order valence-corrected chi connectivity index (χ0v) is 13.8. The molecule has 0 saturated carbocycles. The van der Waals surface area contributed by atoms with Gasteiger partial charge in [0.1, 0.15) is 5.01 Å². The number of thiazole rings is 1. The van der Waals surface area contributed by atoms with E-state index in [0.717, 1.165) is 21.8 Å². The molecule has 1 N–H and O–H groups in total. The molecule has 2 aromatic heterocycles. The molecule has 118 valence electrons. The van der Waals surface area contributed by atoms with E-state index >= 15 is 0 Å². The number of sulfonamides is 1. The molecule has 0 unspecified atom stereocenters. The summed E-state index contributed by atoms with van der Waals surface area (Å²) in [5.41, 5.74) is 2.48. The fourth-order valence-electron chi connectivity index (χ4n) is 2.06. The molecule has 0 bridgehead atoms. The van der Waals surface area contributed by atoms with Gasteiger partial charge in [-0.1, -0.05) is 30.3 Å². The second kappa shape index (κ2) is 6.99. The van der Waals surface area contributed by atoms with Crippen LogP contribution in [0.25, 0.3) is 11.3 Å². The lowest BCUT2D eigenvalue weighted by molar-refractivity contribution is 0.580. The molecule has 0 amide bonds. The van der Waals surface area contributed by atoms with Gasteiger partial charge < -0.3 is 0 Å². The van der Waals surface area contributed by atoms with E-state index in [2.05, 4.69) is 14.7 Å². The molecular formula is C16H15N3O2S2. The minimum absolute atomic E-state index is 0.0331. The second-order valence-corrected chi connectivity index (χ2v) is 7.68.